The third-order valence-electron chi connectivity index (χ3n) is 4.23. The van der Waals surface area contributed by atoms with Gasteiger partial charge in [-0.25, -0.2) is 9.55 Å². The van der Waals surface area contributed by atoms with Crippen LogP contribution < -0.4 is 9.30 Å². The van der Waals surface area contributed by atoms with E-state index in [4.69, 9.17) is 4.74 Å². The molecule has 4 aromatic rings. The molecular formula is C20H19N2O+. The monoisotopic (exact) mass is 303 g/mol. The van der Waals surface area contributed by atoms with Crippen LogP contribution in [0.15, 0.2) is 66.7 Å². The molecule has 1 N–H and O–H groups in total. The molecule has 0 amide bonds. The standard InChI is InChI=1S/C20H18N2O/c1-2-22-18-12-6-5-11-17(18)21-20(22)14-23-19-13-7-9-15-8-3-4-10-16(15)19/h3-13H,2,14H2,1H3/p+1. The number of imidazole rings is 1. The second-order valence-electron chi connectivity index (χ2n) is 5.60. The molecule has 1 heterocycles. The first kappa shape index (κ1) is 13.8. The Labute approximate surface area is 135 Å². The Hall–Kier alpha value is -2.81. The number of benzene rings is 3. The number of rotatable bonds is 4. The molecule has 114 valence electrons. The van der Waals surface area contributed by atoms with Crippen LogP contribution >= 0.6 is 0 Å². The fourth-order valence-electron chi connectivity index (χ4n) is 3.13. The summed E-state index contributed by atoms with van der Waals surface area (Å²) in [5.74, 6) is 2.01. The maximum atomic E-state index is 6.13. The molecule has 0 bridgehead atoms. The number of ether oxygens (including phenoxy) is 1. The zero-order valence-electron chi connectivity index (χ0n) is 13.1. The largest absolute Gasteiger partial charge is 0.480 e. The highest BCUT2D eigenvalue weighted by Gasteiger charge is 2.17. The van der Waals surface area contributed by atoms with E-state index in [1.165, 1.54) is 10.9 Å². The summed E-state index contributed by atoms with van der Waals surface area (Å²) in [4.78, 5) is 3.47. The van der Waals surface area contributed by atoms with Crippen LogP contribution in [0.4, 0.5) is 0 Å². The van der Waals surface area contributed by atoms with Gasteiger partial charge in [-0.2, -0.15) is 0 Å². The molecule has 3 heteroatoms. The van der Waals surface area contributed by atoms with Gasteiger partial charge in [0.05, 0.1) is 6.54 Å². The van der Waals surface area contributed by atoms with Gasteiger partial charge in [-0.1, -0.05) is 48.5 Å². The van der Waals surface area contributed by atoms with Crippen molar-refractivity contribution in [1.29, 1.82) is 0 Å². The molecule has 0 radical (unpaired) electrons. The van der Waals surface area contributed by atoms with Gasteiger partial charge in [0, 0.05) is 5.39 Å². The summed E-state index contributed by atoms with van der Waals surface area (Å²) in [5.41, 5.74) is 2.36. The molecule has 3 nitrogen and oxygen atoms in total. The number of aromatic nitrogens is 2. The Bertz CT molecular complexity index is 966. The van der Waals surface area contributed by atoms with E-state index in [0.717, 1.165) is 29.0 Å². The van der Waals surface area contributed by atoms with Crippen molar-refractivity contribution >= 4 is 21.8 Å². The molecule has 0 aliphatic carbocycles. The topological polar surface area (TPSA) is 28.9 Å². The van der Waals surface area contributed by atoms with Gasteiger partial charge in [0.2, 0.25) is 0 Å². The quantitative estimate of drug-likeness (QED) is 0.562. The van der Waals surface area contributed by atoms with Crippen LogP contribution in [0.1, 0.15) is 12.7 Å². The molecule has 0 aliphatic rings. The summed E-state index contributed by atoms with van der Waals surface area (Å²) in [7, 11) is 0. The summed E-state index contributed by atoms with van der Waals surface area (Å²) in [6.45, 7) is 3.59. The summed E-state index contributed by atoms with van der Waals surface area (Å²) in [5, 5.41) is 2.35. The summed E-state index contributed by atoms with van der Waals surface area (Å²) >= 11 is 0. The average Bonchev–Trinajstić information content (AvgIpc) is 2.97. The first-order chi connectivity index (χ1) is 11.4. The summed E-state index contributed by atoms with van der Waals surface area (Å²) in [6.07, 6.45) is 0. The van der Waals surface area contributed by atoms with Crippen LogP contribution in [0.2, 0.25) is 0 Å². The van der Waals surface area contributed by atoms with Crippen LogP contribution in [0, 0.1) is 0 Å². The molecule has 0 aliphatic heterocycles. The van der Waals surface area contributed by atoms with Gasteiger partial charge in [-0.15, -0.1) is 0 Å². The number of hydrogen-bond acceptors (Lipinski definition) is 1. The lowest BCUT2D eigenvalue weighted by Gasteiger charge is -2.07. The van der Waals surface area contributed by atoms with Crippen molar-refractivity contribution in [1.82, 2.24) is 4.98 Å². The van der Waals surface area contributed by atoms with Crippen molar-refractivity contribution in [2.24, 2.45) is 0 Å². The molecule has 0 unspecified atom stereocenters. The van der Waals surface area contributed by atoms with Crippen molar-refractivity contribution in [2.45, 2.75) is 20.1 Å². The molecule has 4 rings (SSSR count). The van der Waals surface area contributed by atoms with Gasteiger partial charge in [-0.05, 0) is 30.5 Å². The second-order valence-corrected chi connectivity index (χ2v) is 5.60. The first-order valence-corrected chi connectivity index (χ1v) is 7.97. The molecule has 0 fully saturated rings. The van der Waals surface area contributed by atoms with Crippen LogP contribution in [0.3, 0.4) is 0 Å². The van der Waals surface area contributed by atoms with Gasteiger partial charge in [0.15, 0.2) is 17.6 Å². The third kappa shape index (κ3) is 2.44. The van der Waals surface area contributed by atoms with E-state index in [9.17, 15) is 0 Å². The minimum absolute atomic E-state index is 0.524. The molecular weight excluding hydrogens is 284 g/mol. The molecule has 0 spiro atoms. The number of nitrogens with one attached hydrogen (secondary N) is 1. The van der Waals surface area contributed by atoms with Gasteiger partial charge in [0.25, 0.3) is 5.82 Å². The van der Waals surface area contributed by atoms with E-state index in [0.29, 0.717) is 6.61 Å². The lowest BCUT2D eigenvalue weighted by Crippen LogP contribution is -2.36. The maximum absolute atomic E-state index is 6.13. The Morgan fingerprint density at radius 3 is 2.61 bits per heavy atom. The smallest absolute Gasteiger partial charge is 0.293 e. The zero-order valence-corrected chi connectivity index (χ0v) is 13.1. The summed E-state index contributed by atoms with van der Waals surface area (Å²) < 4.78 is 8.39. The molecule has 1 aromatic heterocycles. The van der Waals surface area contributed by atoms with Crippen molar-refractivity contribution < 1.29 is 9.30 Å². The Balaban J connectivity index is 1.68. The maximum Gasteiger partial charge on any atom is 0.293 e. The van der Waals surface area contributed by atoms with E-state index in [1.807, 2.05) is 24.3 Å². The highest BCUT2D eigenvalue weighted by molar-refractivity contribution is 5.88. The van der Waals surface area contributed by atoms with E-state index >= 15 is 0 Å². The van der Waals surface area contributed by atoms with Crippen molar-refractivity contribution in [3.8, 4) is 5.75 Å². The van der Waals surface area contributed by atoms with Gasteiger partial charge in [-0.3, -0.25) is 0 Å². The minimum atomic E-state index is 0.524. The zero-order chi connectivity index (χ0) is 15.6. The second kappa shape index (κ2) is 5.76. The lowest BCUT2D eigenvalue weighted by atomic mass is 10.1. The number of aryl methyl sites for hydroxylation is 1. The molecule has 3 aromatic carbocycles. The van der Waals surface area contributed by atoms with E-state index < -0.39 is 0 Å². The lowest BCUT2D eigenvalue weighted by molar-refractivity contribution is -0.676. The number of para-hydroxylation sites is 2. The van der Waals surface area contributed by atoms with E-state index in [1.54, 1.807) is 0 Å². The average molecular weight is 303 g/mol. The minimum Gasteiger partial charge on any atom is -0.480 e. The van der Waals surface area contributed by atoms with Gasteiger partial charge >= 0.3 is 0 Å². The van der Waals surface area contributed by atoms with Crippen molar-refractivity contribution in [2.75, 3.05) is 0 Å². The van der Waals surface area contributed by atoms with Gasteiger partial charge < -0.3 is 4.74 Å². The highest BCUT2D eigenvalue weighted by Crippen LogP contribution is 2.25. The highest BCUT2D eigenvalue weighted by atomic mass is 16.5. The first-order valence-electron chi connectivity index (χ1n) is 7.97. The molecule has 0 saturated heterocycles. The summed E-state index contributed by atoms with van der Waals surface area (Å²) in [6, 6.07) is 22.8. The Morgan fingerprint density at radius 1 is 0.913 bits per heavy atom. The fourth-order valence-corrected chi connectivity index (χ4v) is 3.13. The SMILES string of the molecule is CC[n+]1c(COc2cccc3ccccc23)[nH]c2ccccc21. The number of fused-ring (bicyclic) bond motifs is 2. The fraction of sp³-hybridized carbons (Fsp3) is 0.150. The van der Waals surface area contributed by atoms with Crippen LogP contribution in [0.5, 0.6) is 5.75 Å². The third-order valence-corrected chi connectivity index (χ3v) is 4.23. The number of nitrogens with zero attached hydrogens (tertiary/aromatic N) is 1. The normalized spacial score (nSPS) is 11.2. The van der Waals surface area contributed by atoms with Gasteiger partial charge in [0.1, 0.15) is 5.75 Å². The van der Waals surface area contributed by atoms with E-state index in [-0.39, 0.29) is 0 Å². The van der Waals surface area contributed by atoms with Crippen LogP contribution in [0.25, 0.3) is 21.8 Å². The number of hydrogen-bond donors (Lipinski definition) is 1. The van der Waals surface area contributed by atoms with E-state index in [2.05, 4.69) is 58.9 Å². The van der Waals surface area contributed by atoms with Crippen molar-refractivity contribution in [3.05, 3.63) is 72.6 Å². The predicted molar refractivity (Wildman–Crippen MR) is 92.4 cm³/mol. The van der Waals surface area contributed by atoms with Crippen LogP contribution in [-0.4, -0.2) is 4.98 Å². The Kier molecular flexibility index (Phi) is 3.46. The molecule has 23 heavy (non-hydrogen) atoms. The number of aromatic amines is 1. The Morgan fingerprint density at radius 2 is 1.70 bits per heavy atom. The predicted octanol–water partition coefficient (Wildman–Crippen LogP) is 4.21. The van der Waals surface area contributed by atoms with Crippen LogP contribution in [-0.2, 0) is 13.2 Å². The molecule has 0 saturated carbocycles. The number of H-pyrrole nitrogens is 1. The molecule has 0 atom stereocenters. The van der Waals surface area contributed by atoms with Crippen molar-refractivity contribution in [3.63, 3.8) is 0 Å².